The SMILES string of the molecule is CNC(c1ccc(Br)s1)N1CCNCC1. The van der Waals surface area contributed by atoms with Crippen molar-refractivity contribution in [2.24, 2.45) is 0 Å². The summed E-state index contributed by atoms with van der Waals surface area (Å²) in [5, 5.41) is 6.76. The van der Waals surface area contributed by atoms with Crippen molar-refractivity contribution in [3.05, 3.63) is 20.8 Å². The molecule has 1 aliphatic heterocycles. The number of thiophene rings is 1. The Morgan fingerprint density at radius 2 is 2.20 bits per heavy atom. The number of piperazine rings is 1. The first-order chi connectivity index (χ1) is 7.31. The fourth-order valence-corrected chi connectivity index (χ4v) is 3.49. The molecule has 0 saturated carbocycles. The van der Waals surface area contributed by atoms with Gasteiger partial charge in [-0.2, -0.15) is 0 Å². The third-order valence-electron chi connectivity index (χ3n) is 2.65. The molecule has 0 aromatic carbocycles. The first-order valence-corrected chi connectivity index (χ1v) is 6.79. The zero-order chi connectivity index (χ0) is 10.7. The summed E-state index contributed by atoms with van der Waals surface area (Å²) in [4.78, 5) is 3.86. The molecule has 1 atom stereocenters. The van der Waals surface area contributed by atoms with Gasteiger partial charge in [0.15, 0.2) is 0 Å². The lowest BCUT2D eigenvalue weighted by Gasteiger charge is -2.34. The van der Waals surface area contributed by atoms with Crippen LogP contribution in [-0.4, -0.2) is 38.1 Å². The van der Waals surface area contributed by atoms with Gasteiger partial charge in [0.05, 0.1) is 9.95 Å². The van der Waals surface area contributed by atoms with Gasteiger partial charge < -0.3 is 10.6 Å². The fourth-order valence-electron chi connectivity index (χ4n) is 1.92. The van der Waals surface area contributed by atoms with Gasteiger partial charge in [0.25, 0.3) is 0 Å². The van der Waals surface area contributed by atoms with E-state index in [1.54, 1.807) is 11.3 Å². The highest BCUT2D eigenvalue weighted by Gasteiger charge is 2.21. The second-order valence-electron chi connectivity index (χ2n) is 3.62. The number of hydrogen-bond acceptors (Lipinski definition) is 4. The third-order valence-corrected chi connectivity index (χ3v) is 4.33. The lowest BCUT2D eigenvalue weighted by molar-refractivity contribution is 0.155. The largest absolute Gasteiger partial charge is 0.314 e. The summed E-state index contributed by atoms with van der Waals surface area (Å²) in [6, 6.07) is 4.31. The minimum absolute atomic E-state index is 0.364. The van der Waals surface area contributed by atoms with Gasteiger partial charge in [0, 0.05) is 31.1 Å². The summed E-state index contributed by atoms with van der Waals surface area (Å²) < 4.78 is 1.20. The van der Waals surface area contributed by atoms with E-state index in [2.05, 4.69) is 43.6 Å². The van der Waals surface area contributed by atoms with Crippen LogP contribution in [0.3, 0.4) is 0 Å². The van der Waals surface area contributed by atoms with E-state index in [9.17, 15) is 0 Å². The van der Waals surface area contributed by atoms with Gasteiger partial charge in [-0.05, 0) is 35.1 Å². The molecule has 1 fully saturated rings. The maximum Gasteiger partial charge on any atom is 0.0954 e. The summed E-state index contributed by atoms with van der Waals surface area (Å²) in [7, 11) is 2.03. The van der Waals surface area contributed by atoms with Crippen molar-refractivity contribution in [1.29, 1.82) is 0 Å². The fraction of sp³-hybridized carbons (Fsp3) is 0.600. The first-order valence-electron chi connectivity index (χ1n) is 5.18. The zero-order valence-electron chi connectivity index (χ0n) is 8.79. The molecule has 2 heterocycles. The molecule has 2 rings (SSSR count). The molecular weight excluding hydrogens is 274 g/mol. The van der Waals surface area contributed by atoms with Crippen LogP contribution in [0.25, 0.3) is 0 Å². The van der Waals surface area contributed by atoms with E-state index in [1.165, 1.54) is 8.66 Å². The highest BCUT2D eigenvalue weighted by Crippen LogP contribution is 2.29. The van der Waals surface area contributed by atoms with Crippen molar-refractivity contribution in [3.8, 4) is 0 Å². The minimum atomic E-state index is 0.364. The van der Waals surface area contributed by atoms with Crippen LogP contribution in [0.1, 0.15) is 11.0 Å². The van der Waals surface area contributed by atoms with Crippen LogP contribution in [0.15, 0.2) is 15.9 Å². The number of halogens is 1. The Labute approximate surface area is 103 Å². The van der Waals surface area contributed by atoms with E-state index < -0.39 is 0 Å². The Balaban J connectivity index is 2.08. The number of nitrogens with zero attached hydrogens (tertiary/aromatic N) is 1. The summed E-state index contributed by atoms with van der Waals surface area (Å²) in [6.07, 6.45) is 0.364. The molecule has 0 bridgehead atoms. The highest BCUT2D eigenvalue weighted by molar-refractivity contribution is 9.11. The molecule has 5 heteroatoms. The molecular formula is C10H16BrN3S. The van der Waals surface area contributed by atoms with Gasteiger partial charge in [-0.1, -0.05) is 0 Å². The van der Waals surface area contributed by atoms with Crippen molar-refractivity contribution >= 4 is 27.3 Å². The lowest BCUT2D eigenvalue weighted by atomic mass is 10.3. The highest BCUT2D eigenvalue weighted by atomic mass is 79.9. The predicted octanol–water partition coefficient (Wildman–Crippen LogP) is 1.63. The molecule has 0 amide bonds. The van der Waals surface area contributed by atoms with E-state index in [0.717, 1.165) is 26.2 Å². The first kappa shape index (κ1) is 11.5. The zero-order valence-corrected chi connectivity index (χ0v) is 11.2. The lowest BCUT2D eigenvalue weighted by Crippen LogP contribution is -2.48. The van der Waals surface area contributed by atoms with Crippen LogP contribution in [0.4, 0.5) is 0 Å². The Morgan fingerprint density at radius 3 is 2.73 bits per heavy atom. The Bertz CT molecular complexity index is 309. The maximum absolute atomic E-state index is 3.51. The Kier molecular flexibility index (Phi) is 4.16. The molecule has 1 saturated heterocycles. The quantitative estimate of drug-likeness (QED) is 0.886. The normalized spacial score (nSPS) is 20.4. The molecule has 2 N–H and O–H groups in total. The molecule has 3 nitrogen and oxygen atoms in total. The molecule has 84 valence electrons. The Morgan fingerprint density at radius 1 is 1.47 bits per heavy atom. The standard InChI is InChI=1S/C10H16BrN3S/c1-12-10(8-2-3-9(11)15-8)14-6-4-13-5-7-14/h2-3,10,12-13H,4-7H2,1H3. The van der Waals surface area contributed by atoms with E-state index in [0.29, 0.717) is 6.17 Å². The summed E-state index contributed by atoms with van der Waals surface area (Å²) in [5.41, 5.74) is 0. The minimum Gasteiger partial charge on any atom is -0.314 e. The van der Waals surface area contributed by atoms with Gasteiger partial charge in [0.2, 0.25) is 0 Å². The van der Waals surface area contributed by atoms with Crippen molar-refractivity contribution in [3.63, 3.8) is 0 Å². The average molecular weight is 290 g/mol. The van der Waals surface area contributed by atoms with Crippen LogP contribution in [-0.2, 0) is 0 Å². The predicted molar refractivity (Wildman–Crippen MR) is 68.3 cm³/mol. The van der Waals surface area contributed by atoms with Gasteiger partial charge in [-0.25, -0.2) is 0 Å². The molecule has 1 unspecified atom stereocenters. The van der Waals surface area contributed by atoms with Gasteiger partial charge in [-0.15, -0.1) is 11.3 Å². The van der Waals surface area contributed by atoms with E-state index in [-0.39, 0.29) is 0 Å². The van der Waals surface area contributed by atoms with Gasteiger partial charge >= 0.3 is 0 Å². The molecule has 1 aromatic heterocycles. The van der Waals surface area contributed by atoms with E-state index >= 15 is 0 Å². The topological polar surface area (TPSA) is 27.3 Å². The van der Waals surface area contributed by atoms with Crippen molar-refractivity contribution in [2.45, 2.75) is 6.17 Å². The molecule has 0 radical (unpaired) electrons. The number of rotatable bonds is 3. The second-order valence-corrected chi connectivity index (χ2v) is 6.11. The molecule has 1 aliphatic rings. The monoisotopic (exact) mass is 289 g/mol. The molecule has 0 aliphatic carbocycles. The number of hydrogen-bond donors (Lipinski definition) is 2. The molecule has 0 spiro atoms. The van der Waals surface area contributed by atoms with E-state index in [1.807, 2.05) is 7.05 Å². The summed E-state index contributed by atoms with van der Waals surface area (Å²) in [5.74, 6) is 0. The van der Waals surface area contributed by atoms with Crippen molar-refractivity contribution in [1.82, 2.24) is 15.5 Å². The van der Waals surface area contributed by atoms with Crippen molar-refractivity contribution in [2.75, 3.05) is 33.2 Å². The molecule has 1 aromatic rings. The van der Waals surface area contributed by atoms with Gasteiger partial charge in [-0.3, -0.25) is 4.90 Å². The molecule has 15 heavy (non-hydrogen) atoms. The second kappa shape index (κ2) is 5.41. The van der Waals surface area contributed by atoms with Crippen LogP contribution in [0.2, 0.25) is 0 Å². The van der Waals surface area contributed by atoms with E-state index in [4.69, 9.17) is 0 Å². The third kappa shape index (κ3) is 2.79. The maximum atomic E-state index is 3.51. The van der Waals surface area contributed by atoms with Crippen molar-refractivity contribution < 1.29 is 0 Å². The van der Waals surface area contributed by atoms with Crippen LogP contribution >= 0.6 is 27.3 Å². The smallest absolute Gasteiger partial charge is 0.0954 e. The van der Waals surface area contributed by atoms with Crippen LogP contribution in [0, 0.1) is 0 Å². The van der Waals surface area contributed by atoms with Gasteiger partial charge in [0.1, 0.15) is 0 Å². The number of nitrogens with one attached hydrogen (secondary N) is 2. The van der Waals surface area contributed by atoms with Crippen LogP contribution in [0.5, 0.6) is 0 Å². The Hall–Kier alpha value is 0.0600. The summed E-state index contributed by atoms with van der Waals surface area (Å²) in [6.45, 7) is 4.40. The van der Waals surface area contributed by atoms with Crippen LogP contribution < -0.4 is 10.6 Å². The average Bonchev–Trinajstić information content (AvgIpc) is 2.68. The summed E-state index contributed by atoms with van der Waals surface area (Å²) >= 11 is 5.32.